The average Bonchev–Trinajstić information content (AvgIpc) is 2.91. The zero-order chi connectivity index (χ0) is 14.1. The molecule has 7 heteroatoms. The van der Waals surface area contributed by atoms with Crippen molar-refractivity contribution in [3.63, 3.8) is 0 Å². The van der Waals surface area contributed by atoms with Crippen molar-refractivity contribution in [1.82, 2.24) is 20.2 Å². The number of aromatic nitrogens is 4. The molecule has 0 fully saturated rings. The molecule has 2 aromatic carbocycles. The van der Waals surface area contributed by atoms with Gasteiger partial charge in [-0.3, -0.25) is 0 Å². The van der Waals surface area contributed by atoms with Crippen LogP contribution in [0.3, 0.4) is 0 Å². The first-order chi connectivity index (χ1) is 9.65. The molecule has 0 spiro atoms. The maximum Gasteiger partial charge on any atom is 0.187 e. The number of benzene rings is 2. The van der Waals surface area contributed by atoms with Crippen LogP contribution in [0.5, 0.6) is 0 Å². The van der Waals surface area contributed by atoms with Crippen LogP contribution in [0.25, 0.3) is 17.1 Å². The quantitative estimate of drug-likeness (QED) is 0.738. The van der Waals surface area contributed by atoms with E-state index in [9.17, 15) is 0 Å². The molecule has 0 radical (unpaired) electrons. The molecule has 0 saturated heterocycles. The summed E-state index contributed by atoms with van der Waals surface area (Å²) in [5.41, 5.74) is 7.81. The van der Waals surface area contributed by atoms with Crippen LogP contribution >= 0.6 is 23.2 Å². The Balaban J connectivity index is 2.15. The molecule has 0 saturated carbocycles. The molecule has 3 rings (SSSR count). The van der Waals surface area contributed by atoms with Gasteiger partial charge in [0.1, 0.15) is 0 Å². The predicted octanol–water partition coefficient (Wildman–Crippen LogP) is 3.22. The van der Waals surface area contributed by atoms with Gasteiger partial charge in [0.25, 0.3) is 0 Å². The van der Waals surface area contributed by atoms with Gasteiger partial charge in [-0.2, -0.15) is 4.68 Å². The Morgan fingerprint density at radius 1 is 1.00 bits per heavy atom. The second-order valence-electron chi connectivity index (χ2n) is 4.13. The molecule has 0 aliphatic heterocycles. The highest BCUT2D eigenvalue weighted by Gasteiger charge is 2.13. The number of rotatable bonds is 2. The van der Waals surface area contributed by atoms with Gasteiger partial charge in [-0.25, -0.2) is 0 Å². The lowest BCUT2D eigenvalue weighted by molar-refractivity contribution is 0.791. The lowest BCUT2D eigenvalue weighted by Crippen LogP contribution is -2.01. The number of anilines is 1. The Morgan fingerprint density at radius 3 is 2.50 bits per heavy atom. The number of halogens is 2. The number of hydrogen-bond donors (Lipinski definition) is 1. The highest BCUT2D eigenvalue weighted by Crippen LogP contribution is 2.27. The number of nitrogens with zero attached hydrogens (tertiary/aromatic N) is 4. The second kappa shape index (κ2) is 5.11. The average molecular weight is 306 g/mol. The van der Waals surface area contributed by atoms with E-state index in [0.717, 1.165) is 5.56 Å². The Kier molecular flexibility index (Phi) is 3.30. The minimum atomic E-state index is 0.512. The van der Waals surface area contributed by atoms with Crippen LogP contribution in [0.15, 0.2) is 42.5 Å². The molecule has 5 nitrogen and oxygen atoms in total. The van der Waals surface area contributed by atoms with Crippen LogP contribution < -0.4 is 5.73 Å². The normalized spacial score (nSPS) is 10.7. The molecule has 3 aromatic rings. The molecule has 2 N–H and O–H groups in total. The van der Waals surface area contributed by atoms with Crippen LogP contribution in [0.4, 0.5) is 5.69 Å². The monoisotopic (exact) mass is 305 g/mol. The van der Waals surface area contributed by atoms with Gasteiger partial charge in [-0.05, 0) is 52.9 Å². The van der Waals surface area contributed by atoms with Crippen LogP contribution in [-0.4, -0.2) is 20.2 Å². The van der Waals surface area contributed by atoms with E-state index in [1.165, 1.54) is 0 Å². The van der Waals surface area contributed by atoms with Gasteiger partial charge in [0.15, 0.2) is 5.82 Å². The first-order valence-electron chi connectivity index (χ1n) is 5.75. The fourth-order valence-corrected chi connectivity index (χ4v) is 2.17. The molecule has 0 bridgehead atoms. The van der Waals surface area contributed by atoms with E-state index < -0.39 is 0 Å². The van der Waals surface area contributed by atoms with Crippen molar-refractivity contribution in [3.8, 4) is 17.1 Å². The maximum absolute atomic E-state index is 6.18. The standard InChI is InChI=1S/C13H9Cl2N5/c14-9-3-6-11(15)12(7-9)20-13(17-18-19-20)8-1-4-10(16)5-2-8/h1-7H,16H2. The van der Waals surface area contributed by atoms with E-state index in [0.29, 0.717) is 27.2 Å². The van der Waals surface area contributed by atoms with E-state index in [1.807, 2.05) is 12.1 Å². The van der Waals surface area contributed by atoms with Gasteiger partial charge in [0, 0.05) is 16.3 Å². The van der Waals surface area contributed by atoms with Gasteiger partial charge in [0.2, 0.25) is 0 Å². The van der Waals surface area contributed by atoms with Gasteiger partial charge in [-0.15, -0.1) is 5.10 Å². The molecule has 1 aromatic heterocycles. The zero-order valence-electron chi connectivity index (χ0n) is 10.2. The lowest BCUT2D eigenvalue weighted by atomic mass is 10.2. The molecule has 0 aliphatic rings. The van der Waals surface area contributed by atoms with E-state index in [1.54, 1.807) is 35.0 Å². The largest absolute Gasteiger partial charge is 0.399 e. The van der Waals surface area contributed by atoms with Gasteiger partial charge < -0.3 is 5.73 Å². The third kappa shape index (κ3) is 2.33. The zero-order valence-corrected chi connectivity index (χ0v) is 11.7. The number of tetrazole rings is 1. The second-order valence-corrected chi connectivity index (χ2v) is 4.98. The van der Waals surface area contributed by atoms with Crippen LogP contribution in [-0.2, 0) is 0 Å². The topological polar surface area (TPSA) is 69.6 Å². The molecule has 100 valence electrons. The summed E-state index contributed by atoms with van der Waals surface area (Å²) in [6.07, 6.45) is 0. The summed E-state index contributed by atoms with van der Waals surface area (Å²) in [5.74, 6) is 0.564. The first kappa shape index (κ1) is 12.9. The van der Waals surface area contributed by atoms with Crippen molar-refractivity contribution >= 4 is 28.9 Å². The van der Waals surface area contributed by atoms with Crippen molar-refractivity contribution in [1.29, 1.82) is 0 Å². The predicted molar refractivity (Wildman–Crippen MR) is 79.0 cm³/mol. The Morgan fingerprint density at radius 2 is 1.75 bits per heavy atom. The Hall–Kier alpha value is -2.11. The minimum Gasteiger partial charge on any atom is -0.399 e. The van der Waals surface area contributed by atoms with E-state index >= 15 is 0 Å². The molecule has 0 unspecified atom stereocenters. The minimum absolute atomic E-state index is 0.512. The van der Waals surface area contributed by atoms with E-state index in [-0.39, 0.29) is 0 Å². The van der Waals surface area contributed by atoms with Crippen molar-refractivity contribution in [2.45, 2.75) is 0 Å². The molecular weight excluding hydrogens is 297 g/mol. The highest BCUT2D eigenvalue weighted by atomic mass is 35.5. The third-order valence-corrected chi connectivity index (χ3v) is 3.33. The van der Waals surface area contributed by atoms with Crippen LogP contribution in [0.1, 0.15) is 0 Å². The van der Waals surface area contributed by atoms with Crippen LogP contribution in [0, 0.1) is 0 Å². The number of nitrogen functional groups attached to an aromatic ring is 1. The molecular formula is C13H9Cl2N5. The van der Waals surface area contributed by atoms with E-state index in [4.69, 9.17) is 28.9 Å². The number of nitrogens with two attached hydrogens (primary N) is 1. The lowest BCUT2D eigenvalue weighted by Gasteiger charge is -2.07. The summed E-state index contributed by atoms with van der Waals surface area (Å²) >= 11 is 12.2. The maximum atomic E-state index is 6.18. The Labute approximate surface area is 124 Å². The van der Waals surface area contributed by atoms with Crippen molar-refractivity contribution < 1.29 is 0 Å². The summed E-state index contributed by atoms with van der Waals surface area (Å²) < 4.78 is 1.54. The van der Waals surface area contributed by atoms with Gasteiger partial charge in [0.05, 0.1) is 10.7 Å². The third-order valence-electron chi connectivity index (χ3n) is 2.77. The summed E-state index contributed by atoms with van der Waals surface area (Å²) in [7, 11) is 0. The smallest absolute Gasteiger partial charge is 0.187 e. The molecule has 0 amide bonds. The molecule has 0 aliphatic carbocycles. The van der Waals surface area contributed by atoms with Crippen molar-refractivity contribution in [2.75, 3.05) is 5.73 Å². The Bertz CT molecular complexity index is 752. The van der Waals surface area contributed by atoms with Crippen molar-refractivity contribution in [2.24, 2.45) is 0 Å². The van der Waals surface area contributed by atoms with Crippen molar-refractivity contribution in [3.05, 3.63) is 52.5 Å². The SMILES string of the molecule is Nc1ccc(-c2nnnn2-c2cc(Cl)ccc2Cl)cc1. The summed E-state index contributed by atoms with van der Waals surface area (Å²) in [4.78, 5) is 0. The highest BCUT2D eigenvalue weighted by molar-refractivity contribution is 6.34. The molecule has 20 heavy (non-hydrogen) atoms. The van der Waals surface area contributed by atoms with Gasteiger partial charge >= 0.3 is 0 Å². The molecule has 0 atom stereocenters. The van der Waals surface area contributed by atoms with E-state index in [2.05, 4.69) is 15.5 Å². The summed E-state index contributed by atoms with van der Waals surface area (Å²) in [6, 6.07) is 12.4. The van der Waals surface area contributed by atoms with Crippen LogP contribution in [0.2, 0.25) is 10.0 Å². The summed E-state index contributed by atoms with van der Waals surface area (Å²) in [5, 5.41) is 12.8. The fraction of sp³-hybridized carbons (Fsp3) is 0. The fourth-order valence-electron chi connectivity index (χ4n) is 1.81. The van der Waals surface area contributed by atoms with Gasteiger partial charge in [-0.1, -0.05) is 23.2 Å². The number of hydrogen-bond acceptors (Lipinski definition) is 4. The first-order valence-corrected chi connectivity index (χ1v) is 6.50. The molecule has 1 heterocycles. The summed E-state index contributed by atoms with van der Waals surface area (Å²) in [6.45, 7) is 0.